The Hall–Kier alpha value is -3.57. The van der Waals surface area contributed by atoms with Gasteiger partial charge in [0.25, 0.3) is 11.8 Å². The summed E-state index contributed by atoms with van der Waals surface area (Å²) in [4.78, 5) is 47.8. The maximum atomic E-state index is 13.3. The molecule has 0 spiro atoms. The fraction of sp³-hybridized carbons (Fsp3) is 0.308. The molecule has 1 saturated heterocycles. The third-order valence-corrected chi connectivity index (χ3v) is 7.42. The summed E-state index contributed by atoms with van der Waals surface area (Å²) in [6, 6.07) is 9.36. The van der Waals surface area contributed by atoms with Crippen molar-refractivity contribution in [2.24, 2.45) is 0 Å². The minimum absolute atomic E-state index is 0.131. The number of amides is 2. The van der Waals surface area contributed by atoms with Gasteiger partial charge in [-0.05, 0) is 48.4 Å². The molecule has 2 aromatic heterocycles. The van der Waals surface area contributed by atoms with Crippen LogP contribution in [0.3, 0.4) is 0 Å². The zero-order valence-electron chi connectivity index (χ0n) is 20.8. The number of carbonyl (C=O) groups is 3. The lowest BCUT2D eigenvalue weighted by molar-refractivity contribution is -0.137. The van der Waals surface area contributed by atoms with E-state index in [1.807, 2.05) is 0 Å². The van der Waals surface area contributed by atoms with Gasteiger partial charge in [0.1, 0.15) is 17.1 Å². The number of hydrogen-bond acceptors (Lipinski definition) is 5. The molecule has 0 radical (unpaired) electrons. The molecule has 0 unspecified atom stereocenters. The number of nitrogens with one attached hydrogen (secondary N) is 1. The van der Waals surface area contributed by atoms with E-state index in [1.165, 1.54) is 24.1 Å². The van der Waals surface area contributed by atoms with Crippen molar-refractivity contribution in [3.63, 3.8) is 0 Å². The second kappa shape index (κ2) is 11.3. The molecule has 2 atom stereocenters. The van der Waals surface area contributed by atoms with Crippen LogP contribution in [0.4, 0.5) is 13.2 Å². The Morgan fingerprint density at radius 1 is 1.08 bits per heavy atom. The summed E-state index contributed by atoms with van der Waals surface area (Å²) in [6.07, 6.45) is -3.60. The minimum atomic E-state index is -4.57. The number of ether oxygens (including phenoxy) is 1. The van der Waals surface area contributed by atoms with Gasteiger partial charge in [-0.25, -0.2) is 4.79 Å². The number of likely N-dealkylation sites (tertiary alicyclic amines) is 1. The number of nitrogens with zero attached hydrogens (tertiary/aromatic N) is 3. The summed E-state index contributed by atoms with van der Waals surface area (Å²) in [6.45, 7) is 0.456. The van der Waals surface area contributed by atoms with Crippen LogP contribution in [0.25, 0.3) is 0 Å². The number of piperidine rings is 1. The molecule has 0 aliphatic carbocycles. The number of esters is 1. The van der Waals surface area contributed by atoms with E-state index >= 15 is 0 Å². The predicted molar refractivity (Wildman–Crippen MR) is 137 cm³/mol. The first-order valence-corrected chi connectivity index (χ1v) is 12.5. The SMILES string of the molecule is COC(=O)c1ccc(C(=O)N2CC[C@@H](N(C)C(=O)c3ccc(C(F)(F)F)cn3)[C@H](c3ccc(Cl)c(Cl)c3)C2)[nH]1. The molecular formula is C26H23Cl2F3N4O4. The number of likely N-dealkylation sites (N-methyl/N-ethyl adjacent to an activating group) is 1. The normalized spacial score (nSPS) is 17.6. The van der Waals surface area contributed by atoms with Gasteiger partial charge in [0.2, 0.25) is 0 Å². The van der Waals surface area contributed by atoms with E-state index in [1.54, 1.807) is 30.1 Å². The maximum Gasteiger partial charge on any atom is 0.417 e. The number of aromatic nitrogens is 2. The number of rotatable bonds is 5. The lowest BCUT2D eigenvalue weighted by Gasteiger charge is -2.42. The summed E-state index contributed by atoms with van der Waals surface area (Å²) in [5.74, 6) is -1.95. The molecule has 1 aromatic carbocycles. The molecule has 3 aromatic rings. The lowest BCUT2D eigenvalue weighted by atomic mass is 9.84. The first kappa shape index (κ1) is 28.4. The average Bonchev–Trinajstić information content (AvgIpc) is 3.42. The molecule has 0 saturated carbocycles. The molecule has 4 rings (SSSR count). The Kier molecular flexibility index (Phi) is 8.22. The average molecular weight is 583 g/mol. The number of aromatic amines is 1. The molecule has 1 fully saturated rings. The van der Waals surface area contributed by atoms with Gasteiger partial charge in [0, 0.05) is 38.3 Å². The van der Waals surface area contributed by atoms with Gasteiger partial charge in [-0.2, -0.15) is 13.2 Å². The van der Waals surface area contributed by atoms with Crippen LogP contribution in [0.5, 0.6) is 0 Å². The molecule has 1 aliphatic rings. The molecule has 8 nitrogen and oxygen atoms in total. The van der Waals surface area contributed by atoms with Crippen molar-refractivity contribution in [3.8, 4) is 0 Å². The number of carbonyl (C=O) groups excluding carboxylic acids is 3. The highest BCUT2D eigenvalue weighted by Gasteiger charge is 2.38. The molecule has 39 heavy (non-hydrogen) atoms. The van der Waals surface area contributed by atoms with Gasteiger partial charge in [-0.1, -0.05) is 29.3 Å². The second-order valence-corrected chi connectivity index (χ2v) is 9.82. The Labute approximate surface area is 231 Å². The van der Waals surface area contributed by atoms with Crippen LogP contribution in [0.15, 0.2) is 48.7 Å². The fourth-order valence-corrected chi connectivity index (χ4v) is 4.90. The van der Waals surface area contributed by atoms with Crippen molar-refractivity contribution in [2.75, 3.05) is 27.2 Å². The molecule has 0 bridgehead atoms. The number of alkyl halides is 3. The molecule has 2 amide bonds. The Morgan fingerprint density at radius 2 is 1.79 bits per heavy atom. The van der Waals surface area contributed by atoms with Gasteiger partial charge in [0.15, 0.2) is 0 Å². The van der Waals surface area contributed by atoms with Crippen LogP contribution in [0.2, 0.25) is 10.0 Å². The molecule has 1 N–H and O–H groups in total. The Balaban J connectivity index is 1.61. The summed E-state index contributed by atoms with van der Waals surface area (Å²) in [5.41, 5.74) is -0.0552. The van der Waals surface area contributed by atoms with Crippen molar-refractivity contribution >= 4 is 41.0 Å². The fourth-order valence-electron chi connectivity index (χ4n) is 4.60. The highest BCUT2D eigenvalue weighted by Crippen LogP contribution is 2.35. The summed E-state index contributed by atoms with van der Waals surface area (Å²) >= 11 is 12.4. The standard InChI is InChI=1S/C26H23Cl2F3N4O4/c1-34(23(36)19-6-4-15(12-32-19)26(29,30)31)22-9-10-35(13-16(22)14-3-5-17(27)18(28)11-14)24(37)20-7-8-21(33-20)25(38)39-2/h3-8,11-12,16,22,33H,9-10,13H2,1-2H3/t16-,22+/m0/s1. The van der Waals surface area contributed by atoms with Crippen LogP contribution >= 0.6 is 23.2 Å². The Bertz CT molecular complexity index is 1390. The maximum absolute atomic E-state index is 13.3. The smallest absolute Gasteiger partial charge is 0.417 e. The van der Waals surface area contributed by atoms with E-state index in [0.29, 0.717) is 28.2 Å². The summed E-state index contributed by atoms with van der Waals surface area (Å²) in [7, 11) is 2.78. The predicted octanol–water partition coefficient (Wildman–Crippen LogP) is 5.29. The quantitative estimate of drug-likeness (QED) is 0.412. The van der Waals surface area contributed by atoms with Gasteiger partial charge in [-0.15, -0.1) is 0 Å². The number of pyridine rings is 1. The highest BCUT2D eigenvalue weighted by atomic mass is 35.5. The third-order valence-electron chi connectivity index (χ3n) is 6.68. The third kappa shape index (κ3) is 6.04. The van der Waals surface area contributed by atoms with Crippen molar-refractivity contribution < 1.29 is 32.3 Å². The number of halogens is 5. The zero-order valence-corrected chi connectivity index (χ0v) is 22.3. The molecule has 206 valence electrons. The van der Waals surface area contributed by atoms with E-state index in [9.17, 15) is 27.6 Å². The number of methoxy groups -OCH3 is 1. The van der Waals surface area contributed by atoms with Crippen LogP contribution in [-0.4, -0.2) is 70.8 Å². The van der Waals surface area contributed by atoms with Gasteiger partial charge >= 0.3 is 12.1 Å². The van der Waals surface area contributed by atoms with Gasteiger partial charge < -0.3 is 19.5 Å². The monoisotopic (exact) mass is 582 g/mol. The number of benzene rings is 1. The summed E-state index contributed by atoms with van der Waals surface area (Å²) in [5, 5.41) is 0.627. The van der Waals surface area contributed by atoms with E-state index in [2.05, 4.69) is 14.7 Å². The topological polar surface area (TPSA) is 95.6 Å². The van der Waals surface area contributed by atoms with Crippen LogP contribution < -0.4 is 0 Å². The molecular weight excluding hydrogens is 560 g/mol. The van der Waals surface area contributed by atoms with Crippen molar-refractivity contribution in [3.05, 3.63) is 86.9 Å². The first-order chi connectivity index (χ1) is 18.4. The number of H-pyrrole nitrogens is 1. The molecule has 1 aliphatic heterocycles. The van der Waals surface area contributed by atoms with Gasteiger partial charge in [0.05, 0.1) is 22.7 Å². The molecule has 13 heteroatoms. The zero-order chi connectivity index (χ0) is 28.5. The molecule has 3 heterocycles. The van der Waals surface area contributed by atoms with E-state index in [4.69, 9.17) is 23.2 Å². The Morgan fingerprint density at radius 3 is 2.41 bits per heavy atom. The highest BCUT2D eigenvalue weighted by molar-refractivity contribution is 6.42. The van der Waals surface area contributed by atoms with Crippen LogP contribution in [0.1, 0.15) is 54.9 Å². The van der Waals surface area contributed by atoms with E-state index < -0.39 is 35.6 Å². The van der Waals surface area contributed by atoms with Crippen molar-refractivity contribution in [2.45, 2.75) is 24.6 Å². The van der Waals surface area contributed by atoms with Crippen molar-refractivity contribution in [1.82, 2.24) is 19.8 Å². The van der Waals surface area contributed by atoms with E-state index in [0.717, 1.165) is 12.1 Å². The largest absolute Gasteiger partial charge is 0.464 e. The minimum Gasteiger partial charge on any atom is -0.464 e. The van der Waals surface area contributed by atoms with Crippen LogP contribution in [0, 0.1) is 0 Å². The summed E-state index contributed by atoms with van der Waals surface area (Å²) < 4.78 is 43.5. The van der Waals surface area contributed by atoms with E-state index in [-0.39, 0.29) is 36.1 Å². The lowest BCUT2D eigenvalue weighted by Crippen LogP contribution is -2.52. The van der Waals surface area contributed by atoms with Crippen molar-refractivity contribution in [1.29, 1.82) is 0 Å². The first-order valence-electron chi connectivity index (χ1n) is 11.7. The second-order valence-electron chi connectivity index (χ2n) is 9.01. The van der Waals surface area contributed by atoms with Gasteiger partial charge in [-0.3, -0.25) is 14.6 Å². The van der Waals surface area contributed by atoms with Crippen LogP contribution in [-0.2, 0) is 10.9 Å². The number of hydrogen-bond donors (Lipinski definition) is 1.